The predicted molar refractivity (Wildman–Crippen MR) is 95.9 cm³/mol. The van der Waals surface area contributed by atoms with E-state index in [9.17, 15) is 9.18 Å². The van der Waals surface area contributed by atoms with E-state index in [1.807, 2.05) is 22.5 Å². The number of hydrogen-bond acceptors (Lipinski definition) is 3. The largest absolute Gasteiger partial charge is 0.332 e. The second kappa shape index (κ2) is 6.80. The highest BCUT2D eigenvalue weighted by Gasteiger charge is 2.29. The van der Waals surface area contributed by atoms with Crippen molar-refractivity contribution >= 4 is 17.2 Å². The number of carbonyl (C=O) groups is 1. The number of halogens is 1. The summed E-state index contributed by atoms with van der Waals surface area (Å²) in [5.41, 5.74) is 2.69. The van der Waals surface area contributed by atoms with Gasteiger partial charge >= 0.3 is 0 Å². The van der Waals surface area contributed by atoms with Crippen molar-refractivity contribution in [1.29, 1.82) is 0 Å². The highest BCUT2D eigenvalue weighted by atomic mass is 32.1. The van der Waals surface area contributed by atoms with Gasteiger partial charge in [0.25, 0.3) is 5.91 Å². The molecule has 2 aromatic heterocycles. The summed E-state index contributed by atoms with van der Waals surface area (Å²) in [5.74, 6) is -0.208. The predicted octanol–water partition coefficient (Wildman–Crippen LogP) is 4.64. The van der Waals surface area contributed by atoms with Crippen molar-refractivity contribution < 1.29 is 9.18 Å². The summed E-state index contributed by atoms with van der Waals surface area (Å²) in [5, 5.41) is 8.65. The quantitative estimate of drug-likeness (QED) is 0.744. The molecule has 3 aromatic rings. The molecule has 0 bridgehead atoms. The van der Waals surface area contributed by atoms with Crippen molar-refractivity contribution in [2.75, 3.05) is 6.54 Å². The van der Waals surface area contributed by atoms with E-state index in [0.29, 0.717) is 5.56 Å². The molecule has 4 rings (SSSR count). The van der Waals surface area contributed by atoms with Crippen LogP contribution < -0.4 is 0 Å². The fourth-order valence-corrected chi connectivity index (χ4v) is 4.22. The van der Waals surface area contributed by atoms with Crippen LogP contribution in [0.5, 0.6) is 0 Å². The molecule has 1 N–H and O–H groups in total. The molecular weight excluding hydrogens is 337 g/mol. The number of nitrogens with zero attached hydrogens (tertiary/aromatic N) is 2. The SMILES string of the molecule is O=C(c1csc(-c2cn[nH]c2)c1)N1CCCC[C@@H]1c1ccc(F)cc1. The molecule has 1 aliphatic rings. The van der Waals surface area contributed by atoms with Gasteiger partial charge in [-0.25, -0.2) is 4.39 Å². The maximum absolute atomic E-state index is 13.2. The maximum Gasteiger partial charge on any atom is 0.255 e. The fourth-order valence-electron chi connectivity index (χ4n) is 3.36. The van der Waals surface area contributed by atoms with Gasteiger partial charge < -0.3 is 4.90 Å². The van der Waals surface area contributed by atoms with Crippen molar-refractivity contribution in [3.63, 3.8) is 0 Å². The van der Waals surface area contributed by atoms with E-state index in [-0.39, 0.29) is 17.8 Å². The average molecular weight is 355 g/mol. The Morgan fingerprint density at radius 2 is 2.12 bits per heavy atom. The van der Waals surface area contributed by atoms with E-state index < -0.39 is 0 Å². The van der Waals surface area contributed by atoms with E-state index in [4.69, 9.17) is 0 Å². The molecule has 1 fully saturated rings. The summed E-state index contributed by atoms with van der Waals surface area (Å²) in [7, 11) is 0. The summed E-state index contributed by atoms with van der Waals surface area (Å²) < 4.78 is 13.2. The molecule has 1 amide bonds. The first kappa shape index (κ1) is 16.0. The Kier molecular flexibility index (Phi) is 4.36. The third-order valence-electron chi connectivity index (χ3n) is 4.65. The number of thiophene rings is 1. The third-order valence-corrected chi connectivity index (χ3v) is 5.63. The molecular formula is C19H18FN3OS. The Bertz CT molecular complexity index is 857. The summed E-state index contributed by atoms with van der Waals surface area (Å²) >= 11 is 1.54. The first-order valence-electron chi connectivity index (χ1n) is 8.36. The van der Waals surface area contributed by atoms with Crippen LogP contribution >= 0.6 is 11.3 Å². The monoisotopic (exact) mass is 355 g/mol. The van der Waals surface area contributed by atoms with Gasteiger partial charge in [0.1, 0.15) is 5.82 Å². The van der Waals surface area contributed by atoms with Crippen molar-refractivity contribution in [3.05, 3.63) is 65.0 Å². The van der Waals surface area contributed by atoms with Crippen LogP contribution in [0.4, 0.5) is 4.39 Å². The van der Waals surface area contributed by atoms with Gasteiger partial charge in [-0.3, -0.25) is 9.89 Å². The molecule has 4 nitrogen and oxygen atoms in total. The molecule has 1 saturated heterocycles. The lowest BCUT2D eigenvalue weighted by molar-refractivity contribution is 0.0612. The Balaban J connectivity index is 1.60. The van der Waals surface area contributed by atoms with E-state index in [0.717, 1.165) is 41.8 Å². The van der Waals surface area contributed by atoms with Gasteiger partial charge in [0, 0.05) is 28.6 Å². The van der Waals surface area contributed by atoms with Gasteiger partial charge in [0.05, 0.1) is 17.8 Å². The summed E-state index contributed by atoms with van der Waals surface area (Å²) in [4.78, 5) is 16.0. The molecule has 1 atom stereocenters. The van der Waals surface area contributed by atoms with Crippen LogP contribution in [-0.4, -0.2) is 27.5 Å². The topological polar surface area (TPSA) is 49.0 Å². The number of carbonyl (C=O) groups excluding carboxylic acids is 1. The molecule has 128 valence electrons. The van der Waals surface area contributed by atoms with Crippen molar-refractivity contribution in [3.8, 4) is 10.4 Å². The van der Waals surface area contributed by atoms with Crippen LogP contribution in [0.2, 0.25) is 0 Å². The van der Waals surface area contributed by atoms with Crippen molar-refractivity contribution in [2.45, 2.75) is 25.3 Å². The molecule has 0 spiro atoms. The molecule has 25 heavy (non-hydrogen) atoms. The molecule has 6 heteroatoms. The summed E-state index contributed by atoms with van der Waals surface area (Å²) in [6, 6.07) is 8.45. The molecule has 3 heterocycles. The number of likely N-dealkylation sites (tertiary alicyclic amines) is 1. The fraction of sp³-hybridized carbons (Fsp3) is 0.263. The number of amides is 1. The summed E-state index contributed by atoms with van der Waals surface area (Å²) in [6.45, 7) is 0.734. The first-order valence-corrected chi connectivity index (χ1v) is 9.24. The Morgan fingerprint density at radius 3 is 2.88 bits per heavy atom. The van der Waals surface area contributed by atoms with Gasteiger partial charge in [0.15, 0.2) is 0 Å². The number of rotatable bonds is 3. The first-order chi connectivity index (χ1) is 12.2. The minimum Gasteiger partial charge on any atom is -0.332 e. The Hall–Kier alpha value is -2.47. The van der Waals surface area contributed by atoms with E-state index in [2.05, 4.69) is 10.2 Å². The molecule has 0 saturated carbocycles. The zero-order valence-electron chi connectivity index (χ0n) is 13.6. The number of H-pyrrole nitrogens is 1. The highest BCUT2D eigenvalue weighted by Crippen LogP contribution is 2.34. The number of hydrogen-bond donors (Lipinski definition) is 1. The van der Waals surface area contributed by atoms with E-state index in [1.165, 1.54) is 12.1 Å². The van der Waals surface area contributed by atoms with Gasteiger partial charge in [0.2, 0.25) is 0 Å². The number of nitrogens with one attached hydrogen (secondary N) is 1. The highest BCUT2D eigenvalue weighted by molar-refractivity contribution is 7.13. The van der Waals surface area contributed by atoms with Gasteiger partial charge in [-0.1, -0.05) is 12.1 Å². The second-order valence-corrected chi connectivity index (χ2v) is 7.16. The number of piperidine rings is 1. The van der Waals surface area contributed by atoms with Crippen LogP contribution in [0.15, 0.2) is 48.1 Å². The van der Waals surface area contributed by atoms with Crippen LogP contribution in [0.25, 0.3) is 10.4 Å². The zero-order chi connectivity index (χ0) is 17.2. The minimum atomic E-state index is -0.250. The van der Waals surface area contributed by atoms with E-state index >= 15 is 0 Å². The second-order valence-electron chi connectivity index (χ2n) is 6.25. The molecule has 0 unspecified atom stereocenters. The Labute approximate surface area is 149 Å². The maximum atomic E-state index is 13.2. The van der Waals surface area contributed by atoms with Crippen molar-refractivity contribution in [1.82, 2.24) is 15.1 Å². The lowest BCUT2D eigenvalue weighted by Crippen LogP contribution is -2.38. The van der Waals surface area contributed by atoms with Crippen LogP contribution in [-0.2, 0) is 0 Å². The van der Waals surface area contributed by atoms with Gasteiger partial charge in [-0.15, -0.1) is 11.3 Å². The minimum absolute atomic E-state index is 0.0131. The summed E-state index contributed by atoms with van der Waals surface area (Å²) in [6.07, 6.45) is 6.57. The normalized spacial score (nSPS) is 17.6. The van der Waals surface area contributed by atoms with Gasteiger partial charge in [-0.2, -0.15) is 5.10 Å². The average Bonchev–Trinajstić information content (AvgIpc) is 3.33. The molecule has 1 aliphatic heterocycles. The molecule has 1 aromatic carbocycles. The van der Waals surface area contributed by atoms with Crippen LogP contribution in [0, 0.1) is 5.82 Å². The number of aromatic amines is 1. The lowest BCUT2D eigenvalue weighted by Gasteiger charge is -2.36. The molecule has 0 aliphatic carbocycles. The lowest BCUT2D eigenvalue weighted by atomic mass is 9.94. The Morgan fingerprint density at radius 1 is 1.28 bits per heavy atom. The molecule has 0 radical (unpaired) electrons. The van der Waals surface area contributed by atoms with Crippen molar-refractivity contribution in [2.24, 2.45) is 0 Å². The van der Waals surface area contributed by atoms with Crippen LogP contribution in [0.3, 0.4) is 0 Å². The van der Waals surface area contributed by atoms with Crippen LogP contribution in [0.1, 0.15) is 41.2 Å². The zero-order valence-corrected chi connectivity index (χ0v) is 14.4. The smallest absolute Gasteiger partial charge is 0.255 e. The third kappa shape index (κ3) is 3.22. The standard InChI is InChI=1S/C19H18FN3OS/c20-16-6-4-13(5-7-16)17-3-1-2-8-23(17)19(24)14-9-18(25-12-14)15-10-21-22-11-15/h4-7,9-12,17H,1-3,8H2,(H,21,22)/t17-/m1/s1. The van der Waals surface area contributed by atoms with Gasteiger partial charge in [-0.05, 0) is 43.0 Å². The number of aromatic nitrogens is 2. The van der Waals surface area contributed by atoms with E-state index in [1.54, 1.807) is 29.7 Å². The number of benzene rings is 1.